The van der Waals surface area contributed by atoms with Gasteiger partial charge in [0.2, 0.25) is 6.10 Å². The molecule has 0 saturated carbocycles. The Bertz CT molecular complexity index is 986. The Hall–Kier alpha value is -2.80. The van der Waals surface area contributed by atoms with Crippen LogP contribution in [0.4, 0.5) is 0 Å². The van der Waals surface area contributed by atoms with Gasteiger partial charge in [-0.15, -0.1) is 10.2 Å². The summed E-state index contributed by atoms with van der Waals surface area (Å²) in [7, 11) is 0. The van der Waals surface area contributed by atoms with Crippen LogP contribution in [0.3, 0.4) is 0 Å². The number of carbonyl (C=O) groups excluding carboxylic acids is 1. The van der Waals surface area contributed by atoms with Crippen molar-refractivity contribution in [2.75, 3.05) is 12.4 Å². The minimum atomic E-state index is -0.461. The predicted octanol–water partition coefficient (Wildman–Crippen LogP) is 4.17. The summed E-state index contributed by atoms with van der Waals surface area (Å²) >= 11 is 1.22. The van der Waals surface area contributed by atoms with E-state index >= 15 is 0 Å². The van der Waals surface area contributed by atoms with Gasteiger partial charge < -0.3 is 13.9 Å². The van der Waals surface area contributed by atoms with E-state index in [1.807, 2.05) is 56.3 Å². The Balaban J connectivity index is 1.38. The van der Waals surface area contributed by atoms with Gasteiger partial charge in [-0.2, -0.15) is 0 Å². The van der Waals surface area contributed by atoms with Gasteiger partial charge in [0, 0.05) is 5.56 Å². The van der Waals surface area contributed by atoms with E-state index in [1.54, 1.807) is 0 Å². The minimum Gasteiger partial charge on any atom is -0.485 e. The third-order valence-corrected chi connectivity index (χ3v) is 5.18. The number of ether oxygens (including phenoxy) is 2. The van der Waals surface area contributed by atoms with E-state index < -0.39 is 6.10 Å². The Morgan fingerprint density at radius 1 is 1.11 bits per heavy atom. The van der Waals surface area contributed by atoms with Gasteiger partial charge in [0.1, 0.15) is 6.61 Å². The number of aromatic nitrogens is 2. The molecule has 0 N–H and O–H groups in total. The summed E-state index contributed by atoms with van der Waals surface area (Å²) in [5.74, 6) is 1.93. The van der Waals surface area contributed by atoms with Crippen LogP contribution < -0.4 is 9.47 Å². The van der Waals surface area contributed by atoms with Gasteiger partial charge in [-0.3, -0.25) is 4.79 Å². The number of nitrogens with zero attached hydrogens (tertiary/aromatic N) is 2. The first-order valence-corrected chi connectivity index (χ1v) is 9.54. The molecule has 1 unspecified atom stereocenters. The molecule has 27 heavy (non-hydrogen) atoms. The fraction of sp³-hybridized carbons (Fsp3) is 0.250. The number of fused-ring (bicyclic) bond motifs is 1. The molecule has 0 saturated heterocycles. The van der Waals surface area contributed by atoms with Crippen LogP contribution in [-0.2, 0) is 0 Å². The Morgan fingerprint density at radius 2 is 1.93 bits per heavy atom. The maximum Gasteiger partial charge on any atom is 0.277 e. The summed E-state index contributed by atoms with van der Waals surface area (Å²) in [4.78, 5) is 12.4. The molecule has 0 spiro atoms. The monoisotopic (exact) mass is 382 g/mol. The van der Waals surface area contributed by atoms with Crippen molar-refractivity contribution in [3.8, 4) is 11.5 Å². The van der Waals surface area contributed by atoms with Crippen LogP contribution in [-0.4, -0.2) is 28.3 Å². The number of aryl methyl sites for hydroxylation is 2. The van der Waals surface area contributed by atoms with Crippen LogP contribution in [0.1, 0.15) is 33.5 Å². The lowest BCUT2D eigenvalue weighted by Gasteiger charge is -2.23. The molecule has 138 valence electrons. The van der Waals surface area contributed by atoms with Gasteiger partial charge in [-0.1, -0.05) is 36.0 Å². The lowest BCUT2D eigenvalue weighted by Crippen LogP contribution is -2.21. The fourth-order valence-electron chi connectivity index (χ4n) is 2.68. The lowest BCUT2D eigenvalue weighted by molar-refractivity contribution is 0.0686. The molecule has 7 heteroatoms. The molecule has 0 radical (unpaired) electrons. The zero-order valence-electron chi connectivity index (χ0n) is 15.0. The Morgan fingerprint density at radius 3 is 2.74 bits per heavy atom. The second-order valence-corrected chi connectivity index (χ2v) is 7.21. The average molecular weight is 382 g/mol. The number of hydrogen-bond acceptors (Lipinski definition) is 7. The first-order chi connectivity index (χ1) is 13.1. The molecule has 1 atom stereocenters. The van der Waals surface area contributed by atoms with Crippen LogP contribution in [0, 0.1) is 13.8 Å². The van der Waals surface area contributed by atoms with Gasteiger partial charge in [0.25, 0.3) is 11.1 Å². The highest BCUT2D eigenvalue weighted by Crippen LogP contribution is 2.36. The second kappa shape index (κ2) is 7.44. The van der Waals surface area contributed by atoms with E-state index in [1.165, 1.54) is 11.8 Å². The molecule has 0 amide bonds. The smallest absolute Gasteiger partial charge is 0.277 e. The average Bonchev–Trinajstić information content (AvgIpc) is 3.17. The molecule has 2 heterocycles. The zero-order chi connectivity index (χ0) is 18.8. The van der Waals surface area contributed by atoms with Gasteiger partial charge in [-0.25, -0.2) is 0 Å². The maximum absolute atomic E-state index is 12.4. The van der Waals surface area contributed by atoms with Crippen LogP contribution in [0.25, 0.3) is 0 Å². The van der Waals surface area contributed by atoms with Crippen LogP contribution >= 0.6 is 11.8 Å². The Kier molecular flexibility index (Phi) is 4.85. The van der Waals surface area contributed by atoms with Crippen LogP contribution in [0.2, 0.25) is 0 Å². The first kappa shape index (κ1) is 17.6. The molecule has 1 aromatic heterocycles. The van der Waals surface area contributed by atoms with E-state index in [2.05, 4.69) is 10.2 Å². The summed E-state index contributed by atoms with van der Waals surface area (Å²) in [6.07, 6.45) is -0.461. The number of benzene rings is 2. The standard InChI is InChI=1S/C20H18N2O4S/c1-12-7-8-14(9-13(12)2)15(23)11-27-20-22-21-19(26-20)18-10-24-16-5-3-4-6-17(16)25-18/h3-9,18H,10-11H2,1-2H3. The molecule has 4 rings (SSSR count). The number of ketones is 1. The van der Waals surface area contributed by atoms with Crippen molar-refractivity contribution in [3.05, 3.63) is 65.0 Å². The van der Waals surface area contributed by atoms with Crippen molar-refractivity contribution in [2.45, 2.75) is 25.2 Å². The SMILES string of the molecule is Cc1ccc(C(=O)CSc2nnc(C3COc4ccccc4O3)o2)cc1C. The normalized spacial score (nSPS) is 15.6. The molecule has 0 bridgehead atoms. The molecule has 0 fully saturated rings. The summed E-state index contributed by atoms with van der Waals surface area (Å²) in [6, 6.07) is 13.1. The van der Waals surface area contributed by atoms with Crippen molar-refractivity contribution in [1.82, 2.24) is 10.2 Å². The van der Waals surface area contributed by atoms with Crippen LogP contribution in [0.15, 0.2) is 52.1 Å². The molecule has 0 aliphatic carbocycles. The van der Waals surface area contributed by atoms with E-state index in [0.29, 0.717) is 34.8 Å². The van der Waals surface area contributed by atoms with Gasteiger partial charge >= 0.3 is 0 Å². The minimum absolute atomic E-state index is 0.0222. The molecule has 6 nitrogen and oxygen atoms in total. The van der Waals surface area contributed by atoms with E-state index in [0.717, 1.165) is 11.1 Å². The zero-order valence-corrected chi connectivity index (χ0v) is 15.8. The number of para-hydroxylation sites is 2. The van der Waals surface area contributed by atoms with Crippen molar-refractivity contribution >= 4 is 17.5 Å². The third kappa shape index (κ3) is 3.83. The highest BCUT2D eigenvalue weighted by Gasteiger charge is 2.27. The molecule has 2 aromatic carbocycles. The Labute approximate surface area is 160 Å². The van der Waals surface area contributed by atoms with Gasteiger partial charge in [0.05, 0.1) is 5.75 Å². The third-order valence-electron chi connectivity index (χ3n) is 4.36. The highest BCUT2D eigenvalue weighted by atomic mass is 32.2. The maximum atomic E-state index is 12.4. The summed E-state index contributed by atoms with van der Waals surface area (Å²) < 4.78 is 17.2. The molecule has 1 aliphatic rings. The topological polar surface area (TPSA) is 74.5 Å². The number of rotatable bonds is 5. The molecular weight excluding hydrogens is 364 g/mol. The number of carbonyl (C=O) groups is 1. The molecular formula is C20H18N2O4S. The van der Waals surface area contributed by atoms with Crippen molar-refractivity contribution in [2.24, 2.45) is 0 Å². The highest BCUT2D eigenvalue weighted by molar-refractivity contribution is 7.99. The van der Waals surface area contributed by atoms with Crippen molar-refractivity contribution < 1.29 is 18.7 Å². The van der Waals surface area contributed by atoms with E-state index in [9.17, 15) is 4.79 Å². The summed E-state index contributed by atoms with van der Waals surface area (Å²) in [6.45, 7) is 4.31. The van der Waals surface area contributed by atoms with Gasteiger partial charge in [0.15, 0.2) is 17.3 Å². The van der Waals surface area contributed by atoms with Crippen molar-refractivity contribution in [3.63, 3.8) is 0 Å². The lowest BCUT2D eigenvalue weighted by atomic mass is 10.0. The number of thioether (sulfide) groups is 1. The quantitative estimate of drug-likeness (QED) is 0.484. The summed E-state index contributed by atoms with van der Waals surface area (Å²) in [5, 5.41) is 8.38. The largest absolute Gasteiger partial charge is 0.485 e. The summed E-state index contributed by atoms with van der Waals surface area (Å²) in [5.41, 5.74) is 2.95. The van der Waals surface area contributed by atoms with Gasteiger partial charge in [-0.05, 0) is 43.2 Å². The van der Waals surface area contributed by atoms with Crippen molar-refractivity contribution in [1.29, 1.82) is 0 Å². The molecule has 3 aromatic rings. The van der Waals surface area contributed by atoms with E-state index in [4.69, 9.17) is 13.9 Å². The molecule has 1 aliphatic heterocycles. The fourth-order valence-corrected chi connectivity index (χ4v) is 3.34. The van der Waals surface area contributed by atoms with Crippen LogP contribution in [0.5, 0.6) is 11.5 Å². The van der Waals surface area contributed by atoms with E-state index in [-0.39, 0.29) is 11.5 Å². The number of hydrogen-bond donors (Lipinski definition) is 0. The number of Topliss-reactive ketones (excluding diaryl/α,β-unsaturated/α-hetero) is 1. The second-order valence-electron chi connectivity index (χ2n) is 6.28. The first-order valence-electron chi connectivity index (χ1n) is 8.55. The predicted molar refractivity (Wildman–Crippen MR) is 101 cm³/mol.